The topological polar surface area (TPSA) is 33.5 Å². The van der Waals surface area contributed by atoms with Crippen LogP contribution in [0.3, 0.4) is 0 Å². The molecule has 9 aromatic rings. The first-order chi connectivity index (χ1) is 31.2. The van der Waals surface area contributed by atoms with Crippen LogP contribution in [-0.2, 0) is 16.2 Å². The highest BCUT2D eigenvalue weighted by molar-refractivity contribution is 6.09. The van der Waals surface area contributed by atoms with E-state index >= 15 is 0 Å². The van der Waals surface area contributed by atoms with Crippen LogP contribution < -0.4 is 14.5 Å². The lowest BCUT2D eigenvalue weighted by molar-refractivity contribution is 0.483. The van der Waals surface area contributed by atoms with Gasteiger partial charge in [-0.2, -0.15) is 0 Å². The van der Waals surface area contributed by atoms with E-state index in [-0.39, 0.29) is 16.2 Å². The quantitative estimate of drug-likeness (QED) is 0.145. The molecule has 3 heterocycles. The number of aromatic nitrogens is 2. The summed E-state index contributed by atoms with van der Waals surface area (Å²) < 4.78 is 9.08. The lowest BCUT2D eigenvalue weighted by Gasteiger charge is -2.33. The third kappa shape index (κ3) is 7.53. The Morgan fingerprint density at radius 2 is 1.02 bits per heavy atom. The molecule has 2 aromatic heterocycles. The fraction of sp³-hybridized carbons (Fsp3) is 0.217. The fourth-order valence-corrected chi connectivity index (χ4v) is 9.60. The van der Waals surface area contributed by atoms with Crippen LogP contribution in [0, 0.1) is 13.8 Å². The van der Waals surface area contributed by atoms with Crippen molar-refractivity contribution >= 4 is 44.6 Å². The second-order valence-electron chi connectivity index (χ2n) is 20.0. The van der Waals surface area contributed by atoms with Gasteiger partial charge in [0.15, 0.2) is 0 Å². The highest BCUT2D eigenvalue weighted by Gasteiger charge is 2.34. The molecular formula is C60H58N4O. The molecule has 0 bridgehead atoms. The van der Waals surface area contributed by atoms with Gasteiger partial charge < -0.3 is 14.5 Å². The summed E-state index contributed by atoms with van der Waals surface area (Å²) in [5, 5.41) is 2.35. The normalized spacial score (nSPS) is 13.2. The van der Waals surface area contributed by atoms with Crippen molar-refractivity contribution in [1.82, 2.24) is 9.55 Å². The molecule has 0 atom stereocenters. The second kappa shape index (κ2) is 15.8. The average Bonchev–Trinajstić information content (AvgIpc) is 3.84. The molecule has 0 fully saturated rings. The third-order valence-corrected chi connectivity index (χ3v) is 14.0. The molecule has 5 nitrogen and oxygen atoms in total. The maximum atomic E-state index is 6.81. The molecule has 7 aromatic carbocycles. The Kier molecular flexibility index (Phi) is 10.2. The predicted molar refractivity (Wildman–Crippen MR) is 272 cm³/mol. The molecular weight excluding hydrogens is 793 g/mol. The molecule has 0 N–H and O–H groups in total. The van der Waals surface area contributed by atoms with Gasteiger partial charge in [-0.15, -0.1) is 0 Å². The summed E-state index contributed by atoms with van der Waals surface area (Å²) in [7, 11) is 0. The first-order valence-corrected chi connectivity index (χ1v) is 22.9. The van der Waals surface area contributed by atoms with Gasteiger partial charge in [0, 0.05) is 51.3 Å². The van der Waals surface area contributed by atoms with Gasteiger partial charge in [0.25, 0.3) is 0 Å². The molecule has 324 valence electrons. The Labute approximate surface area is 384 Å². The van der Waals surface area contributed by atoms with Gasteiger partial charge in [0.1, 0.15) is 24.0 Å². The molecule has 0 amide bonds. The number of hydrogen-bond acceptors (Lipinski definition) is 4. The SMILES string of the molecule is Cc1cc2c(cc1C)N(c1cc(C(C)(C)c3ccccc3)cc(C(C)(C)c3ccccc3)c1)CN2c1cccc(Oc2ccc3c4ccccc4n(-c4cc(C(C)(C)C)ccn4)c3c2)c1. The maximum Gasteiger partial charge on any atom is 0.137 e. The summed E-state index contributed by atoms with van der Waals surface area (Å²) in [6.45, 7) is 21.2. The highest BCUT2D eigenvalue weighted by atomic mass is 16.5. The lowest BCUT2D eigenvalue weighted by Crippen LogP contribution is -2.27. The molecule has 0 unspecified atom stereocenters. The van der Waals surface area contributed by atoms with Crippen molar-refractivity contribution in [2.24, 2.45) is 0 Å². The second-order valence-corrected chi connectivity index (χ2v) is 20.0. The summed E-state index contributed by atoms with van der Waals surface area (Å²) in [6, 6.07) is 61.7. The Morgan fingerprint density at radius 1 is 0.446 bits per heavy atom. The van der Waals surface area contributed by atoms with E-state index in [9.17, 15) is 0 Å². The summed E-state index contributed by atoms with van der Waals surface area (Å²) in [6.07, 6.45) is 1.93. The third-order valence-electron chi connectivity index (χ3n) is 14.0. The van der Waals surface area contributed by atoms with Crippen LogP contribution in [0.5, 0.6) is 11.5 Å². The van der Waals surface area contributed by atoms with Crippen molar-refractivity contribution in [3.8, 4) is 17.3 Å². The van der Waals surface area contributed by atoms with Crippen LogP contribution in [0.25, 0.3) is 27.6 Å². The van der Waals surface area contributed by atoms with Gasteiger partial charge in [-0.3, -0.25) is 4.57 Å². The van der Waals surface area contributed by atoms with Gasteiger partial charge in [-0.1, -0.05) is 139 Å². The summed E-state index contributed by atoms with van der Waals surface area (Å²) in [5.41, 5.74) is 15.2. The molecule has 10 rings (SSSR count). The number of anilines is 4. The first kappa shape index (κ1) is 41.9. The molecule has 0 saturated heterocycles. The predicted octanol–water partition coefficient (Wildman–Crippen LogP) is 15.8. The van der Waals surface area contributed by atoms with Crippen molar-refractivity contribution in [1.29, 1.82) is 0 Å². The van der Waals surface area contributed by atoms with E-state index in [4.69, 9.17) is 9.72 Å². The number of aryl methyl sites for hydroxylation is 2. The number of fused-ring (bicyclic) bond motifs is 4. The van der Waals surface area contributed by atoms with Gasteiger partial charge in [0.2, 0.25) is 0 Å². The Hall–Kier alpha value is -7.11. The number of nitrogens with zero attached hydrogens (tertiary/aromatic N) is 4. The number of hydrogen-bond donors (Lipinski definition) is 0. The van der Waals surface area contributed by atoms with E-state index in [1.807, 2.05) is 6.20 Å². The Morgan fingerprint density at radius 3 is 1.65 bits per heavy atom. The highest BCUT2D eigenvalue weighted by Crippen LogP contribution is 2.49. The molecule has 1 aliphatic heterocycles. The minimum Gasteiger partial charge on any atom is -0.457 e. The Balaban J connectivity index is 1.04. The summed E-state index contributed by atoms with van der Waals surface area (Å²) in [4.78, 5) is 9.83. The number of para-hydroxylation sites is 1. The molecule has 0 saturated carbocycles. The lowest BCUT2D eigenvalue weighted by atomic mass is 9.73. The fourth-order valence-electron chi connectivity index (χ4n) is 9.60. The van der Waals surface area contributed by atoms with Crippen LogP contribution in [0.15, 0.2) is 176 Å². The summed E-state index contributed by atoms with van der Waals surface area (Å²) in [5.74, 6) is 2.45. The number of pyridine rings is 1. The van der Waals surface area contributed by atoms with E-state index in [0.717, 1.165) is 39.4 Å². The van der Waals surface area contributed by atoms with Crippen LogP contribution in [0.1, 0.15) is 87.4 Å². The van der Waals surface area contributed by atoms with Crippen molar-refractivity contribution < 1.29 is 4.74 Å². The molecule has 0 aliphatic carbocycles. The van der Waals surface area contributed by atoms with E-state index in [1.165, 1.54) is 61.4 Å². The summed E-state index contributed by atoms with van der Waals surface area (Å²) >= 11 is 0. The number of rotatable bonds is 9. The molecule has 0 radical (unpaired) electrons. The van der Waals surface area contributed by atoms with Crippen molar-refractivity contribution in [3.63, 3.8) is 0 Å². The number of benzene rings is 7. The minimum atomic E-state index is -0.236. The van der Waals surface area contributed by atoms with E-state index in [0.29, 0.717) is 6.67 Å². The molecule has 65 heavy (non-hydrogen) atoms. The zero-order chi connectivity index (χ0) is 45.3. The van der Waals surface area contributed by atoms with Crippen LogP contribution in [0.2, 0.25) is 0 Å². The van der Waals surface area contributed by atoms with Crippen molar-refractivity contribution in [2.45, 2.75) is 78.6 Å². The van der Waals surface area contributed by atoms with E-state index in [1.54, 1.807) is 0 Å². The first-order valence-electron chi connectivity index (χ1n) is 22.9. The molecule has 5 heteroatoms. The smallest absolute Gasteiger partial charge is 0.137 e. The molecule has 1 aliphatic rings. The maximum absolute atomic E-state index is 6.81. The van der Waals surface area contributed by atoms with E-state index in [2.05, 4.69) is 247 Å². The Bertz CT molecular complexity index is 3160. The average molecular weight is 851 g/mol. The monoisotopic (exact) mass is 850 g/mol. The van der Waals surface area contributed by atoms with Crippen LogP contribution in [0.4, 0.5) is 22.7 Å². The zero-order valence-corrected chi connectivity index (χ0v) is 39.1. The van der Waals surface area contributed by atoms with Gasteiger partial charge in [0.05, 0.1) is 22.4 Å². The van der Waals surface area contributed by atoms with Crippen LogP contribution >= 0.6 is 0 Å². The zero-order valence-electron chi connectivity index (χ0n) is 39.1. The molecule has 0 spiro atoms. The van der Waals surface area contributed by atoms with Crippen molar-refractivity contribution in [2.75, 3.05) is 16.5 Å². The van der Waals surface area contributed by atoms with Crippen molar-refractivity contribution in [3.05, 3.63) is 215 Å². The minimum absolute atomic E-state index is 0.00824. The van der Waals surface area contributed by atoms with Crippen LogP contribution in [-0.4, -0.2) is 16.2 Å². The van der Waals surface area contributed by atoms with Gasteiger partial charge >= 0.3 is 0 Å². The van der Waals surface area contributed by atoms with E-state index < -0.39 is 0 Å². The van der Waals surface area contributed by atoms with Gasteiger partial charge in [-0.25, -0.2) is 4.98 Å². The van der Waals surface area contributed by atoms with Gasteiger partial charge in [-0.05, 0) is 125 Å². The largest absolute Gasteiger partial charge is 0.457 e. The number of ether oxygens (including phenoxy) is 1. The standard InChI is InChI=1S/C60H58N4O/c1-40-31-55-56(32-41(40)2)63(48-34-45(59(6,7)42-19-12-10-13-20-42)33-46(35-48)60(8,9)43-21-14-11-15-22-43)39-62(55)47-23-18-24-49(37-47)65-50-27-28-52-51-25-16-17-26-53(51)64(54(52)38-50)57-36-44(29-30-61-57)58(3,4)5/h10-38H,39H2,1-9H3.